The predicted octanol–water partition coefficient (Wildman–Crippen LogP) is 3.72. The van der Waals surface area contributed by atoms with Crippen LogP contribution in [0.15, 0.2) is 72.9 Å². The Morgan fingerprint density at radius 1 is 1.00 bits per heavy atom. The number of benzene rings is 2. The van der Waals surface area contributed by atoms with Crippen LogP contribution in [-0.4, -0.2) is 23.1 Å². The number of nitrogens with zero attached hydrogens (tertiary/aromatic N) is 2. The third kappa shape index (κ3) is 4.64. The Kier molecular flexibility index (Phi) is 5.71. The number of hydrogen-bond acceptors (Lipinski definition) is 3. The molecule has 0 radical (unpaired) electrons. The number of carbonyl (C=O) groups is 2. The molecule has 5 heteroatoms. The van der Waals surface area contributed by atoms with Crippen molar-refractivity contribution in [2.75, 3.05) is 11.5 Å². The monoisotopic (exact) mass is 362 g/mol. The molecule has 0 aliphatic rings. The maximum atomic E-state index is 12.9. The molecule has 0 N–H and O–H groups in total. The van der Waals surface area contributed by atoms with Gasteiger partial charge in [0.2, 0.25) is 0 Å². The standard InChI is InChI=1S/C22H22N2O3/c1-17-8-6-11-19(14-17)24(15-18-9-4-3-5-10-18)21(25)16-27-22(26)20-12-7-13-23(20)2/h3-14H,15-16H2,1-2H3. The highest BCUT2D eigenvalue weighted by atomic mass is 16.5. The van der Waals surface area contributed by atoms with Crippen molar-refractivity contribution in [2.24, 2.45) is 7.05 Å². The number of rotatable bonds is 6. The fourth-order valence-corrected chi connectivity index (χ4v) is 2.84. The van der Waals surface area contributed by atoms with Gasteiger partial charge in [0, 0.05) is 18.9 Å². The van der Waals surface area contributed by atoms with E-state index >= 15 is 0 Å². The first-order valence-corrected chi connectivity index (χ1v) is 8.74. The molecule has 1 amide bonds. The van der Waals surface area contributed by atoms with Crippen LogP contribution >= 0.6 is 0 Å². The molecule has 5 nitrogen and oxygen atoms in total. The minimum atomic E-state index is -0.514. The highest BCUT2D eigenvalue weighted by Crippen LogP contribution is 2.19. The molecule has 1 heterocycles. The Morgan fingerprint density at radius 2 is 1.78 bits per heavy atom. The molecule has 0 spiro atoms. The van der Waals surface area contributed by atoms with Crippen molar-refractivity contribution >= 4 is 17.6 Å². The quantitative estimate of drug-likeness (QED) is 0.628. The van der Waals surface area contributed by atoms with Crippen LogP contribution in [0.1, 0.15) is 21.6 Å². The van der Waals surface area contributed by atoms with Gasteiger partial charge in [0.15, 0.2) is 6.61 Å². The van der Waals surface area contributed by atoms with Crippen LogP contribution < -0.4 is 4.90 Å². The zero-order valence-corrected chi connectivity index (χ0v) is 15.5. The average Bonchev–Trinajstić information content (AvgIpc) is 3.11. The van der Waals surface area contributed by atoms with E-state index < -0.39 is 5.97 Å². The van der Waals surface area contributed by atoms with Gasteiger partial charge in [-0.2, -0.15) is 0 Å². The summed E-state index contributed by atoms with van der Waals surface area (Å²) in [6.45, 7) is 2.07. The van der Waals surface area contributed by atoms with Crippen molar-refractivity contribution in [3.05, 3.63) is 89.7 Å². The number of hydrogen-bond donors (Lipinski definition) is 0. The SMILES string of the molecule is Cc1cccc(N(Cc2ccccc2)C(=O)COC(=O)c2cccn2C)c1. The van der Waals surface area contributed by atoms with Gasteiger partial charge in [0.05, 0.1) is 6.54 Å². The van der Waals surface area contributed by atoms with Crippen molar-refractivity contribution in [2.45, 2.75) is 13.5 Å². The Balaban J connectivity index is 1.76. The zero-order chi connectivity index (χ0) is 19.2. The lowest BCUT2D eigenvalue weighted by Gasteiger charge is -2.23. The van der Waals surface area contributed by atoms with Crippen LogP contribution in [0.2, 0.25) is 0 Å². The van der Waals surface area contributed by atoms with Crippen molar-refractivity contribution in [3.63, 3.8) is 0 Å². The van der Waals surface area contributed by atoms with Gasteiger partial charge in [-0.15, -0.1) is 0 Å². The van der Waals surface area contributed by atoms with Crippen LogP contribution in [0.4, 0.5) is 5.69 Å². The summed E-state index contributed by atoms with van der Waals surface area (Å²) >= 11 is 0. The summed E-state index contributed by atoms with van der Waals surface area (Å²) in [6.07, 6.45) is 1.76. The van der Waals surface area contributed by atoms with Gasteiger partial charge in [-0.05, 0) is 42.3 Å². The molecule has 1 aromatic heterocycles. The van der Waals surface area contributed by atoms with E-state index in [1.54, 1.807) is 34.8 Å². The molecule has 0 unspecified atom stereocenters. The van der Waals surface area contributed by atoms with Gasteiger partial charge in [0.25, 0.3) is 5.91 Å². The molecule has 2 aromatic carbocycles. The number of esters is 1. The van der Waals surface area contributed by atoms with Crippen molar-refractivity contribution in [1.29, 1.82) is 0 Å². The maximum absolute atomic E-state index is 12.9. The van der Waals surface area contributed by atoms with E-state index in [-0.39, 0.29) is 12.5 Å². The van der Waals surface area contributed by atoms with E-state index in [9.17, 15) is 9.59 Å². The zero-order valence-electron chi connectivity index (χ0n) is 15.5. The van der Waals surface area contributed by atoms with Crippen molar-refractivity contribution < 1.29 is 14.3 Å². The molecular weight excluding hydrogens is 340 g/mol. The van der Waals surface area contributed by atoms with Crippen molar-refractivity contribution in [1.82, 2.24) is 4.57 Å². The molecule has 0 fully saturated rings. The fraction of sp³-hybridized carbons (Fsp3) is 0.182. The lowest BCUT2D eigenvalue weighted by molar-refractivity contribution is -0.121. The Bertz CT molecular complexity index is 931. The number of aryl methyl sites for hydroxylation is 2. The summed E-state index contributed by atoms with van der Waals surface area (Å²) in [5.74, 6) is -0.785. The second-order valence-electron chi connectivity index (χ2n) is 6.38. The minimum absolute atomic E-state index is 0.271. The summed E-state index contributed by atoms with van der Waals surface area (Å²) in [6, 6.07) is 20.9. The molecule has 27 heavy (non-hydrogen) atoms. The first-order valence-electron chi connectivity index (χ1n) is 8.74. The Hall–Kier alpha value is -3.34. The molecule has 0 aliphatic heterocycles. The van der Waals surface area contributed by atoms with E-state index in [1.165, 1.54) is 0 Å². The molecule has 0 saturated heterocycles. The first kappa shape index (κ1) is 18.5. The van der Waals surface area contributed by atoms with Crippen LogP contribution in [-0.2, 0) is 23.1 Å². The molecule has 0 atom stereocenters. The van der Waals surface area contributed by atoms with Crippen LogP contribution in [0.5, 0.6) is 0 Å². The molecule has 0 saturated carbocycles. The predicted molar refractivity (Wildman–Crippen MR) is 105 cm³/mol. The summed E-state index contributed by atoms with van der Waals surface area (Å²) in [5, 5.41) is 0. The molecule has 0 bridgehead atoms. The van der Waals surface area contributed by atoms with Crippen LogP contribution in [0.3, 0.4) is 0 Å². The number of carbonyl (C=O) groups excluding carboxylic acids is 2. The van der Waals surface area contributed by atoms with Gasteiger partial charge in [0.1, 0.15) is 5.69 Å². The maximum Gasteiger partial charge on any atom is 0.355 e. The fourth-order valence-electron chi connectivity index (χ4n) is 2.84. The smallest absolute Gasteiger partial charge is 0.355 e. The number of aromatic nitrogens is 1. The lowest BCUT2D eigenvalue weighted by Crippen LogP contribution is -2.34. The second-order valence-corrected chi connectivity index (χ2v) is 6.38. The lowest BCUT2D eigenvalue weighted by atomic mass is 10.1. The topological polar surface area (TPSA) is 51.5 Å². The summed E-state index contributed by atoms with van der Waals surface area (Å²) in [7, 11) is 1.76. The number of ether oxygens (including phenoxy) is 1. The number of amides is 1. The highest BCUT2D eigenvalue weighted by Gasteiger charge is 2.19. The van der Waals surface area contributed by atoms with Gasteiger partial charge in [-0.25, -0.2) is 4.79 Å². The van der Waals surface area contributed by atoms with Gasteiger partial charge < -0.3 is 14.2 Å². The van der Waals surface area contributed by atoms with Gasteiger partial charge >= 0.3 is 5.97 Å². The minimum Gasteiger partial charge on any atom is -0.451 e. The molecule has 138 valence electrons. The number of anilines is 1. The van der Waals surface area contributed by atoms with E-state index in [0.717, 1.165) is 16.8 Å². The first-order chi connectivity index (χ1) is 13.0. The van der Waals surface area contributed by atoms with E-state index in [2.05, 4.69) is 0 Å². The Labute approximate surface area is 158 Å². The van der Waals surface area contributed by atoms with Gasteiger partial charge in [-0.3, -0.25) is 4.79 Å². The van der Waals surface area contributed by atoms with Crippen LogP contribution in [0.25, 0.3) is 0 Å². The summed E-state index contributed by atoms with van der Waals surface area (Å²) in [4.78, 5) is 26.7. The normalized spacial score (nSPS) is 10.4. The van der Waals surface area contributed by atoms with Gasteiger partial charge in [-0.1, -0.05) is 42.5 Å². The molecule has 0 aliphatic carbocycles. The van der Waals surface area contributed by atoms with E-state index in [0.29, 0.717) is 12.2 Å². The van der Waals surface area contributed by atoms with E-state index in [1.807, 2.05) is 61.5 Å². The molecule has 3 aromatic rings. The summed E-state index contributed by atoms with van der Waals surface area (Å²) < 4.78 is 6.91. The molecular formula is C22H22N2O3. The van der Waals surface area contributed by atoms with Crippen molar-refractivity contribution in [3.8, 4) is 0 Å². The molecule has 3 rings (SSSR count). The highest BCUT2D eigenvalue weighted by molar-refractivity contribution is 5.96. The van der Waals surface area contributed by atoms with Crippen LogP contribution in [0, 0.1) is 6.92 Å². The average molecular weight is 362 g/mol. The third-order valence-corrected chi connectivity index (χ3v) is 4.28. The largest absolute Gasteiger partial charge is 0.451 e. The van der Waals surface area contributed by atoms with E-state index in [4.69, 9.17) is 4.74 Å². The second kappa shape index (κ2) is 8.36. The third-order valence-electron chi connectivity index (χ3n) is 4.28. The Morgan fingerprint density at radius 3 is 2.44 bits per heavy atom. The summed E-state index contributed by atoms with van der Waals surface area (Å²) in [5.41, 5.74) is 3.24.